The number of hydrogen-bond donors (Lipinski definition) is 0. The van der Waals surface area contributed by atoms with Crippen molar-refractivity contribution in [3.8, 4) is 0 Å². The van der Waals surface area contributed by atoms with Gasteiger partial charge in [0.2, 0.25) is 0 Å². The van der Waals surface area contributed by atoms with Crippen molar-refractivity contribution in [2.75, 3.05) is 0 Å². The number of rotatable bonds is 1. The van der Waals surface area contributed by atoms with E-state index in [2.05, 4.69) is 0 Å². The van der Waals surface area contributed by atoms with E-state index in [-0.39, 0.29) is 4.91 Å². The van der Waals surface area contributed by atoms with Crippen LogP contribution in [0.3, 0.4) is 0 Å². The van der Waals surface area contributed by atoms with Crippen LogP contribution in [0.2, 0.25) is 0 Å². The molecule has 0 fully saturated rings. The molecule has 0 bridgehead atoms. The molecule has 100 valence electrons. The zero-order chi connectivity index (χ0) is 13.9. The Morgan fingerprint density at radius 1 is 1.17 bits per heavy atom. The Morgan fingerprint density at radius 3 is 2.22 bits per heavy atom. The molecule has 0 unspecified atom stereocenters. The molecule has 0 aromatic heterocycles. The van der Waals surface area contributed by atoms with Gasteiger partial charge >= 0.3 is 0 Å². The highest BCUT2D eigenvalue weighted by atomic mass is 35.7. The lowest BCUT2D eigenvalue weighted by Crippen LogP contribution is -2.25. The fraction of sp³-hybridized carbons (Fsp3) is 0.538. The lowest BCUT2D eigenvalue weighted by atomic mass is 9.76. The topological polar surface area (TPSA) is 43.4 Å². The summed E-state index contributed by atoms with van der Waals surface area (Å²) < 4.78 is 29.2. The van der Waals surface area contributed by atoms with E-state index in [4.69, 9.17) is 15.4 Å². The molecule has 2 rings (SSSR count). The van der Waals surface area contributed by atoms with Gasteiger partial charge in [-0.1, -0.05) is 13.8 Å². The normalized spacial score (nSPS) is 25.2. The molecular weight excluding hydrogens is 272 g/mol. The predicted octanol–water partition coefficient (Wildman–Crippen LogP) is 3.49. The van der Waals surface area contributed by atoms with Gasteiger partial charge in [-0.25, -0.2) is 8.42 Å². The SMILES string of the molecule is CC1=C2C(=CC=C(S(=O)(=O)Cl)C2(C)C)OC1(C)C. The second-order valence-corrected chi connectivity index (χ2v) is 8.27. The second kappa shape index (κ2) is 3.64. The lowest BCUT2D eigenvalue weighted by Gasteiger charge is -2.30. The van der Waals surface area contributed by atoms with Crippen molar-refractivity contribution in [1.82, 2.24) is 0 Å². The van der Waals surface area contributed by atoms with Crippen molar-refractivity contribution in [3.63, 3.8) is 0 Å². The summed E-state index contributed by atoms with van der Waals surface area (Å²) in [5.74, 6) is 0.742. The smallest absolute Gasteiger partial charge is 0.258 e. The Kier molecular flexibility index (Phi) is 2.77. The van der Waals surface area contributed by atoms with Gasteiger partial charge in [0, 0.05) is 21.7 Å². The maximum Gasteiger partial charge on any atom is 0.258 e. The Bertz CT molecular complexity index is 604. The van der Waals surface area contributed by atoms with Crippen molar-refractivity contribution in [2.45, 2.75) is 40.2 Å². The average Bonchev–Trinajstić information content (AvgIpc) is 2.35. The van der Waals surface area contributed by atoms with Crippen LogP contribution in [0.5, 0.6) is 0 Å². The number of hydrogen-bond acceptors (Lipinski definition) is 3. The fourth-order valence-electron chi connectivity index (χ4n) is 2.65. The first-order chi connectivity index (χ1) is 7.98. The minimum atomic E-state index is -3.73. The Balaban J connectivity index is 2.70. The monoisotopic (exact) mass is 288 g/mol. The highest BCUT2D eigenvalue weighted by Gasteiger charge is 2.47. The van der Waals surface area contributed by atoms with E-state index in [0.29, 0.717) is 0 Å². The summed E-state index contributed by atoms with van der Waals surface area (Å²) in [5.41, 5.74) is 0.902. The number of fused-ring (bicyclic) bond motifs is 1. The lowest BCUT2D eigenvalue weighted by molar-refractivity contribution is 0.0920. The van der Waals surface area contributed by atoms with E-state index in [1.807, 2.05) is 34.6 Å². The summed E-state index contributed by atoms with van der Waals surface area (Å²) in [6.45, 7) is 9.63. The largest absolute Gasteiger partial charge is 0.483 e. The third-order valence-electron chi connectivity index (χ3n) is 3.78. The van der Waals surface area contributed by atoms with Gasteiger partial charge in [0.1, 0.15) is 11.4 Å². The van der Waals surface area contributed by atoms with E-state index >= 15 is 0 Å². The number of allylic oxidation sites excluding steroid dienone is 4. The minimum absolute atomic E-state index is 0.219. The second-order valence-electron chi connectivity index (χ2n) is 5.74. The maximum absolute atomic E-state index is 11.7. The van der Waals surface area contributed by atoms with Crippen LogP contribution in [0.4, 0.5) is 0 Å². The molecule has 0 atom stereocenters. The van der Waals surface area contributed by atoms with Crippen molar-refractivity contribution < 1.29 is 13.2 Å². The van der Waals surface area contributed by atoms with Crippen LogP contribution in [-0.4, -0.2) is 14.0 Å². The van der Waals surface area contributed by atoms with Gasteiger partial charge in [-0.3, -0.25) is 0 Å². The van der Waals surface area contributed by atoms with Crippen LogP contribution >= 0.6 is 10.7 Å². The van der Waals surface area contributed by atoms with E-state index in [1.54, 1.807) is 6.08 Å². The molecule has 1 aliphatic carbocycles. The molecule has 0 radical (unpaired) electrons. The van der Waals surface area contributed by atoms with Crippen LogP contribution in [0.15, 0.2) is 34.0 Å². The van der Waals surface area contributed by atoms with Crippen LogP contribution in [0.1, 0.15) is 34.6 Å². The van der Waals surface area contributed by atoms with Gasteiger partial charge < -0.3 is 4.74 Å². The molecule has 1 heterocycles. The zero-order valence-electron chi connectivity index (χ0n) is 11.2. The molecule has 0 saturated heterocycles. The fourth-order valence-corrected chi connectivity index (χ4v) is 4.33. The molecule has 0 amide bonds. The van der Waals surface area contributed by atoms with Crippen LogP contribution < -0.4 is 0 Å². The third-order valence-corrected chi connectivity index (χ3v) is 5.45. The molecule has 1 aliphatic heterocycles. The van der Waals surface area contributed by atoms with Crippen molar-refractivity contribution >= 4 is 19.7 Å². The summed E-state index contributed by atoms with van der Waals surface area (Å²) in [4.78, 5) is 0.219. The Hall–Kier alpha value is -0.740. The van der Waals surface area contributed by atoms with Gasteiger partial charge in [-0.05, 0) is 38.5 Å². The maximum atomic E-state index is 11.7. The first-order valence-electron chi connectivity index (χ1n) is 5.76. The van der Waals surface area contributed by atoms with Crippen molar-refractivity contribution in [1.29, 1.82) is 0 Å². The van der Waals surface area contributed by atoms with Crippen LogP contribution in [-0.2, 0) is 13.8 Å². The Morgan fingerprint density at radius 2 is 1.72 bits per heavy atom. The summed E-state index contributed by atoms with van der Waals surface area (Å²) in [6, 6.07) is 0. The Labute approximate surface area is 113 Å². The van der Waals surface area contributed by atoms with Gasteiger partial charge in [0.05, 0.1) is 4.91 Å². The third kappa shape index (κ3) is 1.82. The standard InChI is InChI=1S/C13H17ClO3S/c1-8-11-9(17-13(8,4)5)6-7-10(12(11,2)3)18(14,15)16/h6-7H,1-5H3. The van der Waals surface area contributed by atoms with Crippen LogP contribution in [0.25, 0.3) is 0 Å². The molecule has 0 aromatic rings. The average molecular weight is 289 g/mol. The van der Waals surface area contributed by atoms with E-state index in [1.165, 1.54) is 6.08 Å². The molecule has 0 saturated carbocycles. The molecular formula is C13H17ClO3S. The summed E-state index contributed by atoms with van der Waals surface area (Å²) in [5, 5.41) is 0. The van der Waals surface area contributed by atoms with Gasteiger partial charge in [0.15, 0.2) is 0 Å². The van der Waals surface area contributed by atoms with Gasteiger partial charge in [-0.15, -0.1) is 0 Å². The summed E-state index contributed by atoms with van der Waals surface area (Å²) >= 11 is 0. The van der Waals surface area contributed by atoms with Crippen LogP contribution in [0, 0.1) is 5.41 Å². The number of halogens is 1. The molecule has 0 aromatic carbocycles. The molecule has 18 heavy (non-hydrogen) atoms. The zero-order valence-corrected chi connectivity index (χ0v) is 12.7. The first kappa shape index (κ1) is 13.7. The molecule has 2 aliphatic rings. The van der Waals surface area contributed by atoms with Gasteiger partial charge in [0.25, 0.3) is 9.05 Å². The van der Waals surface area contributed by atoms with E-state index in [0.717, 1.165) is 16.9 Å². The predicted molar refractivity (Wildman–Crippen MR) is 72.6 cm³/mol. The van der Waals surface area contributed by atoms with E-state index in [9.17, 15) is 8.42 Å². The molecule has 0 spiro atoms. The highest BCUT2D eigenvalue weighted by molar-refractivity contribution is 8.16. The minimum Gasteiger partial charge on any atom is -0.483 e. The highest BCUT2D eigenvalue weighted by Crippen LogP contribution is 2.53. The van der Waals surface area contributed by atoms with Gasteiger partial charge in [-0.2, -0.15) is 0 Å². The molecule has 5 heteroatoms. The summed E-state index contributed by atoms with van der Waals surface area (Å²) in [7, 11) is 1.78. The first-order valence-corrected chi connectivity index (χ1v) is 8.07. The quantitative estimate of drug-likeness (QED) is 0.694. The molecule has 0 N–H and O–H groups in total. The van der Waals surface area contributed by atoms with Crippen molar-refractivity contribution in [2.24, 2.45) is 5.41 Å². The van der Waals surface area contributed by atoms with E-state index < -0.39 is 20.1 Å². The summed E-state index contributed by atoms with van der Waals surface area (Å²) in [6.07, 6.45) is 3.23. The number of ether oxygens (including phenoxy) is 1. The van der Waals surface area contributed by atoms with Crippen molar-refractivity contribution in [3.05, 3.63) is 34.0 Å². The molecule has 3 nitrogen and oxygen atoms in total.